The van der Waals surface area contributed by atoms with Crippen LogP contribution < -0.4 is 5.32 Å². The van der Waals surface area contributed by atoms with Gasteiger partial charge in [0.2, 0.25) is 0 Å². The minimum Gasteiger partial charge on any atom is -0.386 e. The van der Waals surface area contributed by atoms with Gasteiger partial charge in [-0.05, 0) is 19.1 Å². The third-order valence-corrected chi connectivity index (χ3v) is 4.85. The summed E-state index contributed by atoms with van der Waals surface area (Å²) in [6.45, 7) is 4.32. The number of hydrogen-bond donors (Lipinski definition) is 1. The third kappa shape index (κ3) is 3.43. The second-order valence-electron chi connectivity index (χ2n) is 4.12. The van der Waals surface area contributed by atoms with Crippen molar-refractivity contribution in [1.82, 2.24) is 9.29 Å². The Morgan fingerprint density at radius 3 is 2.74 bits per heavy atom. The number of likely N-dealkylation sites (N-methyl/N-ethyl adjacent to an activating group) is 1. The first-order chi connectivity index (χ1) is 8.98. The molecule has 0 amide bonds. The lowest BCUT2D eigenvalue weighted by atomic mass is 10.4. The minimum absolute atomic E-state index is 0.0438. The fourth-order valence-corrected chi connectivity index (χ4v) is 3.68. The second kappa shape index (κ2) is 6.83. The molecule has 0 saturated carbocycles. The number of sulfonamides is 1. The van der Waals surface area contributed by atoms with Gasteiger partial charge in [0.25, 0.3) is 10.0 Å². The Kier molecular flexibility index (Phi) is 5.71. The van der Waals surface area contributed by atoms with Gasteiger partial charge in [-0.2, -0.15) is 4.31 Å². The van der Waals surface area contributed by atoms with Crippen molar-refractivity contribution in [2.24, 2.45) is 0 Å². The topological polar surface area (TPSA) is 71.5 Å². The lowest BCUT2D eigenvalue weighted by molar-refractivity contribution is 0.142. The van der Waals surface area contributed by atoms with Crippen LogP contribution in [-0.4, -0.2) is 51.1 Å². The summed E-state index contributed by atoms with van der Waals surface area (Å²) >= 11 is 0. The second-order valence-corrected chi connectivity index (χ2v) is 5.92. The van der Waals surface area contributed by atoms with Crippen molar-refractivity contribution in [2.45, 2.75) is 24.9 Å². The molecule has 7 heteroatoms. The molecule has 1 rings (SSSR count). The van der Waals surface area contributed by atoms with Gasteiger partial charge in [0.05, 0.1) is 12.3 Å². The Morgan fingerprint density at radius 1 is 1.53 bits per heavy atom. The molecule has 0 fully saturated rings. The van der Waals surface area contributed by atoms with E-state index in [1.165, 1.54) is 10.5 Å². The normalized spacial score (nSPS) is 13.5. The lowest BCUT2D eigenvalue weighted by Crippen LogP contribution is -2.41. The molecule has 0 saturated heterocycles. The van der Waals surface area contributed by atoms with Crippen molar-refractivity contribution in [2.75, 3.05) is 32.6 Å². The number of ether oxygens (including phenoxy) is 1. The molecule has 0 aliphatic rings. The van der Waals surface area contributed by atoms with E-state index in [9.17, 15) is 8.42 Å². The summed E-state index contributed by atoms with van der Waals surface area (Å²) in [5.41, 5.74) is 0.491. The molecule has 1 N–H and O–H groups in total. The number of nitrogens with one attached hydrogen (secondary N) is 1. The van der Waals surface area contributed by atoms with Crippen LogP contribution in [-0.2, 0) is 14.8 Å². The molecule has 0 aliphatic heterocycles. The highest BCUT2D eigenvalue weighted by Crippen LogP contribution is 2.23. The maximum Gasteiger partial charge on any atom is 0.262 e. The molecule has 0 aliphatic carbocycles. The molecular formula is C12H21N3O3S. The van der Waals surface area contributed by atoms with Crippen LogP contribution in [0, 0.1) is 0 Å². The number of methoxy groups -OCH3 is 1. The maximum absolute atomic E-state index is 12.6. The first-order valence-corrected chi connectivity index (χ1v) is 7.56. The van der Waals surface area contributed by atoms with Crippen LogP contribution in [0.2, 0.25) is 0 Å². The molecule has 1 aromatic heterocycles. The van der Waals surface area contributed by atoms with Gasteiger partial charge in [0.15, 0.2) is 5.03 Å². The summed E-state index contributed by atoms with van der Waals surface area (Å²) in [4.78, 5) is 4.00. The minimum atomic E-state index is -3.64. The predicted molar refractivity (Wildman–Crippen MR) is 74.7 cm³/mol. The maximum atomic E-state index is 12.6. The number of pyridine rings is 1. The van der Waals surface area contributed by atoms with Crippen LogP contribution in [0.5, 0.6) is 0 Å². The first-order valence-electron chi connectivity index (χ1n) is 6.12. The average Bonchev–Trinajstić information content (AvgIpc) is 2.39. The quantitative estimate of drug-likeness (QED) is 0.815. The van der Waals surface area contributed by atoms with Crippen molar-refractivity contribution >= 4 is 15.7 Å². The van der Waals surface area contributed by atoms with E-state index >= 15 is 0 Å². The monoisotopic (exact) mass is 287 g/mol. The van der Waals surface area contributed by atoms with Crippen LogP contribution in [0.3, 0.4) is 0 Å². The number of hydrogen-bond acceptors (Lipinski definition) is 5. The van der Waals surface area contributed by atoms with E-state index in [0.29, 0.717) is 18.8 Å². The summed E-state index contributed by atoms with van der Waals surface area (Å²) in [7, 11) is -0.412. The SMILES string of the molecule is CCN(C(C)COC)S(=O)(=O)c1ncccc1NC. The summed E-state index contributed by atoms with van der Waals surface area (Å²) in [6.07, 6.45) is 1.47. The van der Waals surface area contributed by atoms with Gasteiger partial charge in [0, 0.05) is 32.9 Å². The van der Waals surface area contributed by atoms with Gasteiger partial charge >= 0.3 is 0 Å². The fourth-order valence-electron chi connectivity index (χ4n) is 1.94. The first kappa shape index (κ1) is 15.9. The van der Waals surface area contributed by atoms with E-state index in [2.05, 4.69) is 10.3 Å². The Balaban J connectivity index is 3.20. The van der Waals surface area contributed by atoms with Crippen LogP contribution >= 0.6 is 0 Å². The standard InChI is InChI=1S/C12H21N3O3S/c1-5-15(10(2)9-18-4)19(16,17)12-11(13-3)7-6-8-14-12/h6-8,10,13H,5,9H2,1-4H3. The van der Waals surface area contributed by atoms with Gasteiger partial charge in [0.1, 0.15) is 0 Å². The number of anilines is 1. The number of rotatable bonds is 7. The van der Waals surface area contributed by atoms with Gasteiger partial charge in [-0.15, -0.1) is 0 Å². The summed E-state index contributed by atoms with van der Waals surface area (Å²) in [5, 5.41) is 2.90. The van der Waals surface area contributed by atoms with Crippen molar-refractivity contribution in [1.29, 1.82) is 0 Å². The van der Waals surface area contributed by atoms with Crippen LogP contribution in [0.25, 0.3) is 0 Å². The van der Waals surface area contributed by atoms with Crippen molar-refractivity contribution in [3.63, 3.8) is 0 Å². The zero-order valence-corrected chi connectivity index (χ0v) is 12.6. The Hall–Kier alpha value is -1.18. The Bertz CT molecular complexity index is 505. The average molecular weight is 287 g/mol. The molecule has 19 heavy (non-hydrogen) atoms. The molecule has 0 spiro atoms. The van der Waals surface area contributed by atoms with Gasteiger partial charge in [-0.3, -0.25) is 0 Å². The van der Waals surface area contributed by atoms with Crippen molar-refractivity contribution < 1.29 is 13.2 Å². The summed E-state index contributed by atoms with van der Waals surface area (Å²) < 4.78 is 31.7. The lowest BCUT2D eigenvalue weighted by Gasteiger charge is -2.26. The molecular weight excluding hydrogens is 266 g/mol. The van der Waals surface area contributed by atoms with E-state index in [1.807, 2.05) is 6.92 Å². The summed E-state index contributed by atoms with van der Waals surface area (Å²) in [6, 6.07) is 3.14. The zero-order chi connectivity index (χ0) is 14.5. The molecule has 1 aromatic rings. The predicted octanol–water partition coefficient (Wildman–Crippen LogP) is 1.17. The Morgan fingerprint density at radius 2 is 2.21 bits per heavy atom. The Labute approximate surface area is 114 Å². The van der Waals surface area contributed by atoms with E-state index < -0.39 is 10.0 Å². The zero-order valence-electron chi connectivity index (χ0n) is 11.8. The van der Waals surface area contributed by atoms with Gasteiger partial charge in [-0.1, -0.05) is 6.92 Å². The van der Waals surface area contributed by atoms with E-state index in [-0.39, 0.29) is 11.1 Å². The highest BCUT2D eigenvalue weighted by atomic mass is 32.2. The van der Waals surface area contributed by atoms with E-state index in [0.717, 1.165) is 0 Å². The molecule has 0 aromatic carbocycles. The van der Waals surface area contributed by atoms with E-state index in [1.54, 1.807) is 33.2 Å². The molecule has 1 unspecified atom stereocenters. The van der Waals surface area contributed by atoms with Crippen LogP contribution in [0.15, 0.2) is 23.4 Å². The number of nitrogens with zero attached hydrogens (tertiary/aromatic N) is 2. The molecule has 0 radical (unpaired) electrons. The molecule has 108 valence electrons. The third-order valence-electron chi connectivity index (χ3n) is 2.80. The molecule has 6 nitrogen and oxygen atoms in total. The highest BCUT2D eigenvalue weighted by molar-refractivity contribution is 7.89. The fraction of sp³-hybridized carbons (Fsp3) is 0.583. The largest absolute Gasteiger partial charge is 0.386 e. The van der Waals surface area contributed by atoms with Gasteiger partial charge in [-0.25, -0.2) is 13.4 Å². The molecule has 1 atom stereocenters. The van der Waals surface area contributed by atoms with Crippen molar-refractivity contribution in [3.05, 3.63) is 18.3 Å². The van der Waals surface area contributed by atoms with E-state index in [4.69, 9.17) is 4.74 Å². The highest BCUT2D eigenvalue weighted by Gasteiger charge is 2.30. The number of aromatic nitrogens is 1. The van der Waals surface area contributed by atoms with Gasteiger partial charge < -0.3 is 10.1 Å². The smallest absolute Gasteiger partial charge is 0.262 e. The van der Waals surface area contributed by atoms with Crippen LogP contribution in [0.1, 0.15) is 13.8 Å². The summed E-state index contributed by atoms with van der Waals surface area (Å²) in [5.74, 6) is 0. The molecule has 0 bridgehead atoms. The van der Waals surface area contributed by atoms with Crippen molar-refractivity contribution in [3.8, 4) is 0 Å². The van der Waals surface area contributed by atoms with Crippen LogP contribution in [0.4, 0.5) is 5.69 Å². The molecule has 1 heterocycles.